The van der Waals surface area contributed by atoms with Crippen LogP contribution >= 0.6 is 11.6 Å². The smallest absolute Gasteiger partial charge is 0.274 e. The predicted octanol–water partition coefficient (Wildman–Crippen LogP) is 3.81. The summed E-state index contributed by atoms with van der Waals surface area (Å²) in [5.74, 6) is -0.410. The van der Waals surface area contributed by atoms with E-state index in [9.17, 15) is 9.59 Å². The summed E-state index contributed by atoms with van der Waals surface area (Å²) in [4.78, 5) is 37.0. The first kappa shape index (κ1) is 20.0. The number of pyridine rings is 1. The molecule has 1 aliphatic heterocycles. The van der Waals surface area contributed by atoms with E-state index in [1.54, 1.807) is 46.4 Å². The lowest BCUT2D eigenvalue weighted by Gasteiger charge is -2.23. The van der Waals surface area contributed by atoms with Gasteiger partial charge in [0.25, 0.3) is 5.91 Å². The summed E-state index contributed by atoms with van der Waals surface area (Å²) in [5.41, 5.74) is 2.58. The van der Waals surface area contributed by atoms with E-state index in [1.165, 1.54) is 0 Å². The van der Waals surface area contributed by atoms with E-state index < -0.39 is 6.04 Å². The molecule has 1 saturated heterocycles. The van der Waals surface area contributed by atoms with Crippen molar-refractivity contribution in [2.75, 3.05) is 11.9 Å². The molecule has 6 rings (SSSR count). The van der Waals surface area contributed by atoms with Crippen LogP contribution in [-0.4, -0.2) is 48.2 Å². The van der Waals surface area contributed by atoms with Crippen molar-refractivity contribution < 1.29 is 9.59 Å². The minimum absolute atomic E-state index is 0.0544. The highest BCUT2D eigenvalue weighted by molar-refractivity contribution is 6.30. The summed E-state index contributed by atoms with van der Waals surface area (Å²) in [6.45, 7) is 0.577. The normalized spacial score (nSPS) is 18.7. The lowest BCUT2D eigenvalue weighted by molar-refractivity contribution is -0.119. The van der Waals surface area contributed by atoms with Crippen LogP contribution in [0.15, 0.2) is 67.5 Å². The van der Waals surface area contributed by atoms with Crippen LogP contribution in [0.25, 0.3) is 11.3 Å². The van der Waals surface area contributed by atoms with Crippen molar-refractivity contribution >= 4 is 34.7 Å². The van der Waals surface area contributed by atoms with Gasteiger partial charge in [0.05, 0.1) is 11.3 Å². The molecule has 0 bridgehead atoms. The van der Waals surface area contributed by atoms with Gasteiger partial charge in [-0.3, -0.25) is 9.59 Å². The standard InChI is InChI=1S/C24H21ClN6O2/c25-16-4-5-21-28-19(13-30(21)12-16)23(33)31-14-24(6-7-24)11-20(31)22(32)27-17-2-1-3-18(10-17)29-9-8-26-15-29/h1-5,8-10,12-13,15,20H,6-7,11,14H2,(H,27,32)/t20-/m1/s1. The van der Waals surface area contributed by atoms with E-state index in [0.29, 0.717) is 35.0 Å². The molecule has 4 aromatic rings. The molecule has 1 N–H and O–H groups in total. The van der Waals surface area contributed by atoms with E-state index >= 15 is 0 Å². The van der Waals surface area contributed by atoms with Gasteiger partial charge in [0.2, 0.25) is 5.91 Å². The van der Waals surface area contributed by atoms with Crippen molar-refractivity contribution in [2.24, 2.45) is 5.41 Å². The molecule has 1 spiro atoms. The molecule has 33 heavy (non-hydrogen) atoms. The number of aromatic nitrogens is 4. The minimum Gasteiger partial charge on any atom is -0.325 e. The Hall–Kier alpha value is -3.65. The summed E-state index contributed by atoms with van der Waals surface area (Å²) in [6.07, 6.45) is 11.4. The largest absolute Gasteiger partial charge is 0.325 e. The van der Waals surface area contributed by atoms with Gasteiger partial charge in [0.1, 0.15) is 17.4 Å². The molecule has 3 aromatic heterocycles. The molecule has 9 heteroatoms. The van der Waals surface area contributed by atoms with Crippen molar-refractivity contribution in [3.05, 3.63) is 78.2 Å². The van der Waals surface area contributed by atoms with Crippen molar-refractivity contribution in [1.82, 2.24) is 23.8 Å². The molecule has 2 aliphatic rings. The number of fused-ring (bicyclic) bond motifs is 1. The number of benzene rings is 1. The van der Waals surface area contributed by atoms with Crippen LogP contribution in [0.3, 0.4) is 0 Å². The molecule has 1 aromatic carbocycles. The van der Waals surface area contributed by atoms with E-state index in [2.05, 4.69) is 15.3 Å². The van der Waals surface area contributed by atoms with Crippen molar-refractivity contribution in [3.8, 4) is 5.69 Å². The van der Waals surface area contributed by atoms with E-state index in [-0.39, 0.29) is 17.2 Å². The number of hydrogen-bond acceptors (Lipinski definition) is 4. The number of carbonyl (C=O) groups excluding carboxylic acids is 2. The topological polar surface area (TPSA) is 84.5 Å². The van der Waals surface area contributed by atoms with Crippen LogP contribution in [-0.2, 0) is 4.79 Å². The van der Waals surface area contributed by atoms with Gasteiger partial charge in [-0.25, -0.2) is 9.97 Å². The number of anilines is 1. The zero-order chi connectivity index (χ0) is 22.6. The summed E-state index contributed by atoms with van der Waals surface area (Å²) in [6, 6.07) is 10.5. The fourth-order valence-corrected chi connectivity index (χ4v) is 4.81. The average Bonchev–Trinajstić information content (AvgIpc) is 3.20. The first-order valence-electron chi connectivity index (χ1n) is 10.8. The predicted molar refractivity (Wildman–Crippen MR) is 124 cm³/mol. The summed E-state index contributed by atoms with van der Waals surface area (Å²) >= 11 is 6.06. The lowest BCUT2D eigenvalue weighted by Crippen LogP contribution is -2.43. The summed E-state index contributed by atoms with van der Waals surface area (Å²) in [7, 11) is 0. The van der Waals surface area contributed by atoms with Gasteiger partial charge in [-0.05, 0) is 55.0 Å². The van der Waals surface area contributed by atoms with Crippen molar-refractivity contribution in [3.63, 3.8) is 0 Å². The maximum Gasteiger partial charge on any atom is 0.274 e. The number of imidazole rings is 2. The Morgan fingerprint density at radius 1 is 1.15 bits per heavy atom. The van der Waals surface area contributed by atoms with E-state index in [4.69, 9.17) is 11.6 Å². The van der Waals surface area contributed by atoms with Gasteiger partial charge >= 0.3 is 0 Å². The molecule has 1 saturated carbocycles. The second kappa shape index (κ2) is 7.45. The fourth-order valence-electron chi connectivity index (χ4n) is 4.64. The number of carbonyl (C=O) groups is 2. The van der Waals surface area contributed by atoms with Crippen LogP contribution in [0.1, 0.15) is 29.8 Å². The Labute approximate surface area is 194 Å². The van der Waals surface area contributed by atoms with Crippen LogP contribution in [0, 0.1) is 5.41 Å². The number of halogens is 1. The third-order valence-corrected chi connectivity index (χ3v) is 6.80. The molecule has 0 unspecified atom stereocenters. The maximum atomic E-state index is 13.4. The zero-order valence-electron chi connectivity index (χ0n) is 17.7. The van der Waals surface area contributed by atoms with Gasteiger partial charge in [-0.1, -0.05) is 17.7 Å². The van der Waals surface area contributed by atoms with E-state index in [1.807, 2.05) is 35.0 Å². The molecule has 0 radical (unpaired) electrons. The van der Waals surface area contributed by atoms with Gasteiger partial charge in [-0.15, -0.1) is 0 Å². The van der Waals surface area contributed by atoms with Gasteiger partial charge < -0.3 is 19.2 Å². The summed E-state index contributed by atoms with van der Waals surface area (Å²) < 4.78 is 3.60. The first-order chi connectivity index (χ1) is 16.0. The zero-order valence-corrected chi connectivity index (χ0v) is 18.4. The highest BCUT2D eigenvalue weighted by Gasteiger charge is 2.55. The average molecular weight is 461 g/mol. The molecule has 1 atom stereocenters. The Morgan fingerprint density at radius 3 is 2.82 bits per heavy atom. The van der Waals surface area contributed by atoms with Crippen molar-refractivity contribution in [2.45, 2.75) is 25.3 Å². The quantitative estimate of drug-likeness (QED) is 0.502. The van der Waals surface area contributed by atoms with Gasteiger partial charge in [-0.2, -0.15) is 0 Å². The minimum atomic E-state index is -0.537. The number of hydrogen-bond donors (Lipinski definition) is 1. The Kier molecular flexibility index (Phi) is 4.51. The SMILES string of the molecule is O=C(Nc1cccc(-n2ccnc2)c1)[C@H]1CC2(CC2)CN1C(=O)c1cn2cc(Cl)ccc2n1. The Morgan fingerprint density at radius 2 is 2.03 bits per heavy atom. The molecule has 166 valence electrons. The first-order valence-corrected chi connectivity index (χ1v) is 11.2. The van der Waals surface area contributed by atoms with Gasteiger partial charge in [0, 0.05) is 42.7 Å². The number of rotatable bonds is 4. The number of likely N-dealkylation sites (tertiary alicyclic amines) is 1. The van der Waals surface area contributed by atoms with Crippen LogP contribution < -0.4 is 5.32 Å². The summed E-state index contributed by atoms with van der Waals surface area (Å²) in [5, 5.41) is 3.57. The Bertz CT molecular complexity index is 1370. The van der Waals surface area contributed by atoms with Crippen LogP contribution in [0.4, 0.5) is 5.69 Å². The highest BCUT2D eigenvalue weighted by Crippen LogP contribution is 2.55. The molecule has 2 fully saturated rings. The number of nitrogens with zero attached hydrogens (tertiary/aromatic N) is 5. The number of amides is 2. The number of nitrogens with one attached hydrogen (secondary N) is 1. The van der Waals surface area contributed by atoms with Crippen molar-refractivity contribution in [1.29, 1.82) is 0 Å². The second-order valence-corrected chi connectivity index (χ2v) is 9.34. The molecule has 2 amide bonds. The second-order valence-electron chi connectivity index (χ2n) is 8.90. The molecule has 4 heterocycles. The molecule has 8 nitrogen and oxygen atoms in total. The maximum absolute atomic E-state index is 13.4. The molecular formula is C24H21ClN6O2. The van der Waals surface area contributed by atoms with Crippen LogP contribution in [0.5, 0.6) is 0 Å². The molecular weight excluding hydrogens is 440 g/mol. The monoisotopic (exact) mass is 460 g/mol. The van der Waals surface area contributed by atoms with Gasteiger partial charge in [0.15, 0.2) is 0 Å². The van der Waals surface area contributed by atoms with E-state index in [0.717, 1.165) is 18.5 Å². The Balaban J connectivity index is 1.25. The third kappa shape index (κ3) is 3.66. The fraction of sp³-hybridized carbons (Fsp3) is 0.250. The third-order valence-electron chi connectivity index (χ3n) is 6.58. The molecule has 1 aliphatic carbocycles. The van der Waals surface area contributed by atoms with Crippen LogP contribution in [0.2, 0.25) is 5.02 Å². The highest BCUT2D eigenvalue weighted by atomic mass is 35.5. The lowest BCUT2D eigenvalue weighted by atomic mass is 10.0.